The molecule has 1 fully saturated rings. The van der Waals surface area contributed by atoms with Gasteiger partial charge in [-0.15, -0.1) is 0 Å². The number of para-hydroxylation sites is 1. The van der Waals surface area contributed by atoms with Crippen LogP contribution in [0.3, 0.4) is 0 Å². The van der Waals surface area contributed by atoms with Crippen molar-refractivity contribution in [2.45, 2.75) is 19.4 Å². The number of rotatable bonds is 3. The van der Waals surface area contributed by atoms with Crippen LogP contribution in [-0.4, -0.2) is 27.6 Å². The molecule has 1 aliphatic rings. The van der Waals surface area contributed by atoms with Gasteiger partial charge in [-0.3, -0.25) is 9.36 Å². The minimum absolute atomic E-state index is 0.215. The Balaban J connectivity index is 1.67. The van der Waals surface area contributed by atoms with Crippen molar-refractivity contribution < 1.29 is 0 Å². The summed E-state index contributed by atoms with van der Waals surface area (Å²) in [6.07, 6.45) is 4.14. The third kappa shape index (κ3) is 2.60. The Bertz CT molecular complexity index is 982. The number of anilines is 1. The first-order valence-electron chi connectivity index (χ1n) is 8.14. The van der Waals surface area contributed by atoms with E-state index in [1.165, 1.54) is 17.4 Å². The molecule has 0 radical (unpaired) electrons. The zero-order chi connectivity index (χ0) is 16.5. The van der Waals surface area contributed by atoms with Gasteiger partial charge in [0, 0.05) is 19.3 Å². The second kappa shape index (κ2) is 5.96. The van der Waals surface area contributed by atoms with Crippen LogP contribution in [0.25, 0.3) is 10.9 Å². The van der Waals surface area contributed by atoms with Gasteiger partial charge < -0.3 is 9.88 Å². The second-order valence-electron chi connectivity index (χ2n) is 6.09. The van der Waals surface area contributed by atoms with Gasteiger partial charge >= 0.3 is 5.69 Å². The van der Waals surface area contributed by atoms with Gasteiger partial charge in [-0.05, 0) is 36.6 Å². The molecule has 1 saturated heterocycles. The molecular formula is C18H18N4O2. The summed E-state index contributed by atoms with van der Waals surface area (Å²) in [5.74, 6) is 0.955. The van der Waals surface area contributed by atoms with Crippen LogP contribution < -0.4 is 16.1 Å². The number of benzene rings is 1. The van der Waals surface area contributed by atoms with E-state index in [1.807, 2.05) is 12.1 Å². The van der Waals surface area contributed by atoms with E-state index in [0.717, 1.165) is 24.5 Å². The summed E-state index contributed by atoms with van der Waals surface area (Å²) >= 11 is 0. The topological polar surface area (TPSA) is 71.0 Å². The number of fused-ring (bicyclic) bond motifs is 1. The molecule has 1 aliphatic heterocycles. The molecule has 0 saturated carbocycles. The summed E-state index contributed by atoms with van der Waals surface area (Å²) in [4.78, 5) is 34.2. The predicted molar refractivity (Wildman–Crippen MR) is 93.6 cm³/mol. The van der Waals surface area contributed by atoms with Crippen molar-refractivity contribution in [2.75, 3.05) is 18.0 Å². The van der Waals surface area contributed by atoms with Crippen molar-refractivity contribution in [3.63, 3.8) is 0 Å². The molecule has 0 atom stereocenters. The van der Waals surface area contributed by atoms with Crippen LogP contribution in [0.2, 0.25) is 0 Å². The molecule has 24 heavy (non-hydrogen) atoms. The Morgan fingerprint density at radius 2 is 1.83 bits per heavy atom. The zero-order valence-corrected chi connectivity index (χ0v) is 13.2. The van der Waals surface area contributed by atoms with E-state index < -0.39 is 5.69 Å². The maximum atomic E-state index is 12.5. The zero-order valence-electron chi connectivity index (χ0n) is 13.2. The highest BCUT2D eigenvalue weighted by Gasteiger charge is 2.13. The fourth-order valence-electron chi connectivity index (χ4n) is 3.17. The van der Waals surface area contributed by atoms with Crippen LogP contribution in [0.5, 0.6) is 0 Å². The molecule has 0 unspecified atom stereocenters. The van der Waals surface area contributed by atoms with Crippen LogP contribution in [0.1, 0.15) is 18.4 Å². The van der Waals surface area contributed by atoms with Gasteiger partial charge in [-0.1, -0.05) is 18.2 Å². The van der Waals surface area contributed by atoms with Crippen LogP contribution in [0, 0.1) is 0 Å². The molecule has 3 aromatic rings. The van der Waals surface area contributed by atoms with Gasteiger partial charge in [0.25, 0.3) is 5.56 Å². The smallest absolute Gasteiger partial charge is 0.329 e. The van der Waals surface area contributed by atoms with E-state index in [1.54, 1.807) is 30.5 Å². The van der Waals surface area contributed by atoms with Crippen molar-refractivity contribution in [3.05, 3.63) is 69.0 Å². The third-order valence-corrected chi connectivity index (χ3v) is 4.47. The van der Waals surface area contributed by atoms with E-state index in [0.29, 0.717) is 10.9 Å². The Kier molecular flexibility index (Phi) is 3.65. The Morgan fingerprint density at radius 3 is 2.58 bits per heavy atom. The van der Waals surface area contributed by atoms with Crippen molar-refractivity contribution in [2.24, 2.45) is 0 Å². The largest absolute Gasteiger partial charge is 0.357 e. The fourth-order valence-corrected chi connectivity index (χ4v) is 3.17. The van der Waals surface area contributed by atoms with Crippen molar-refractivity contribution in [1.82, 2.24) is 14.5 Å². The molecule has 0 amide bonds. The first-order chi connectivity index (χ1) is 11.7. The number of pyridine rings is 1. The lowest BCUT2D eigenvalue weighted by atomic mass is 10.2. The molecule has 2 aromatic heterocycles. The second-order valence-corrected chi connectivity index (χ2v) is 6.09. The minimum Gasteiger partial charge on any atom is -0.357 e. The molecule has 1 aromatic carbocycles. The summed E-state index contributed by atoms with van der Waals surface area (Å²) in [6, 6.07) is 10.9. The molecular weight excluding hydrogens is 304 g/mol. The van der Waals surface area contributed by atoms with Gasteiger partial charge in [0.1, 0.15) is 5.82 Å². The molecule has 4 rings (SSSR count). The molecule has 0 aliphatic carbocycles. The van der Waals surface area contributed by atoms with E-state index >= 15 is 0 Å². The molecule has 0 bridgehead atoms. The Hall–Kier alpha value is -2.89. The van der Waals surface area contributed by atoms with Crippen LogP contribution >= 0.6 is 0 Å². The monoisotopic (exact) mass is 322 g/mol. The molecule has 122 valence electrons. The lowest BCUT2D eigenvalue weighted by Crippen LogP contribution is -2.35. The molecule has 0 spiro atoms. The maximum absolute atomic E-state index is 12.5. The highest BCUT2D eigenvalue weighted by Crippen LogP contribution is 2.17. The van der Waals surface area contributed by atoms with Crippen LogP contribution in [-0.2, 0) is 6.54 Å². The SMILES string of the molecule is O=c1[nH]c2ccccc2c(=O)n1Cc1ccc(N2CCCC2)nc1. The number of aromatic nitrogens is 3. The summed E-state index contributed by atoms with van der Waals surface area (Å²) in [6.45, 7) is 2.29. The normalized spacial score (nSPS) is 14.4. The summed E-state index contributed by atoms with van der Waals surface area (Å²) in [5.41, 5.74) is 0.715. The van der Waals surface area contributed by atoms with Crippen LogP contribution in [0.4, 0.5) is 5.82 Å². The fraction of sp³-hybridized carbons (Fsp3) is 0.278. The van der Waals surface area contributed by atoms with Gasteiger partial charge in [0.05, 0.1) is 17.4 Å². The Morgan fingerprint density at radius 1 is 1.04 bits per heavy atom. The lowest BCUT2D eigenvalue weighted by molar-refractivity contribution is 0.709. The van der Waals surface area contributed by atoms with Gasteiger partial charge in [-0.25, -0.2) is 9.78 Å². The minimum atomic E-state index is -0.401. The van der Waals surface area contributed by atoms with Gasteiger partial charge in [0.15, 0.2) is 0 Å². The molecule has 6 heteroatoms. The summed E-state index contributed by atoms with van der Waals surface area (Å²) < 4.78 is 1.22. The number of nitrogens with zero attached hydrogens (tertiary/aromatic N) is 3. The van der Waals surface area contributed by atoms with Crippen molar-refractivity contribution in [3.8, 4) is 0 Å². The standard InChI is InChI=1S/C18H18N4O2/c23-17-14-5-1-2-6-15(14)20-18(24)22(17)12-13-7-8-16(19-11-13)21-9-3-4-10-21/h1-2,5-8,11H,3-4,9-10,12H2,(H,20,24). The summed E-state index contributed by atoms with van der Waals surface area (Å²) in [7, 11) is 0. The van der Waals surface area contributed by atoms with Crippen molar-refractivity contribution >= 4 is 16.7 Å². The van der Waals surface area contributed by atoms with E-state index in [-0.39, 0.29) is 12.1 Å². The van der Waals surface area contributed by atoms with E-state index in [9.17, 15) is 9.59 Å². The lowest BCUT2D eigenvalue weighted by Gasteiger charge is -2.16. The average Bonchev–Trinajstić information content (AvgIpc) is 3.14. The summed E-state index contributed by atoms with van der Waals surface area (Å²) in [5, 5.41) is 0.513. The Labute approximate surface area is 138 Å². The number of aromatic amines is 1. The number of hydrogen-bond acceptors (Lipinski definition) is 4. The number of H-pyrrole nitrogens is 1. The third-order valence-electron chi connectivity index (χ3n) is 4.47. The quantitative estimate of drug-likeness (QED) is 0.797. The number of hydrogen-bond donors (Lipinski definition) is 1. The van der Waals surface area contributed by atoms with E-state index in [4.69, 9.17) is 0 Å². The molecule has 3 heterocycles. The first kappa shape index (κ1) is 14.7. The molecule has 1 N–H and O–H groups in total. The molecule has 6 nitrogen and oxygen atoms in total. The van der Waals surface area contributed by atoms with Gasteiger partial charge in [-0.2, -0.15) is 0 Å². The van der Waals surface area contributed by atoms with E-state index in [2.05, 4.69) is 14.9 Å². The number of nitrogens with one attached hydrogen (secondary N) is 1. The van der Waals surface area contributed by atoms with Gasteiger partial charge in [0.2, 0.25) is 0 Å². The highest BCUT2D eigenvalue weighted by atomic mass is 16.2. The van der Waals surface area contributed by atoms with Crippen LogP contribution in [0.15, 0.2) is 52.2 Å². The first-order valence-corrected chi connectivity index (χ1v) is 8.14. The maximum Gasteiger partial charge on any atom is 0.329 e. The predicted octanol–water partition coefficient (Wildman–Crippen LogP) is 1.73. The van der Waals surface area contributed by atoms with Crippen molar-refractivity contribution in [1.29, 1.82) is 0 Å². The average molecular weight is 322 g/mol. The highest BCUT2D eigenvalue weighted by molar-refractivity contribution is 5.76.